The van der Waals surface area contributed by atoms with E-state index in [1.165, 1.54) is 6.07 Å². The molecule has 8 heteroatoms. The maximum atomic E-state index is 13.4. The van der Waals surface area contributed by atoms with E-state index in [2.05, 4.69) is 11.8 Å². The van der Waals surface area contributed by atoms with Crippen LogP contribution in [-0.4, -0.2) is 43.5 Å². The van der Waals surface area contributed by atoms with Gasteiger partial charge in [-0.2, -0.15) is 0 Å². The van der Waals surface area contributed by atoms with Crippen LogP contribution in [0.4, 0.5) is 0 Å². The zero-order chi connectivity index (χ0) is 22.7. The van der Waals surface area contributed by atoms with Gasteiger partial charge in [0.05, 0.1) is 5.56 Å². The standard InChI is InChI=1S/C23H21NO7/c1-2-3-4-10-5-6-14(25)17-13(10)8-11-7-12-9-15(26)18(22(24)30)21(29)23(12,31)20(28)16(11)19(17)27/h5-6,11-12,25,27,29,31H,2,7-9H2,1H3,(H2,24,30). The number of primary amides is 1. The van der Waals surface area contributed by atoms with Crippen LogP contribution in [-0.2, 0) is 20.8 Å². The molecule has 31 heavy (non-hydrogen) atoms. The van der Waals surface area contributed by atoms with Crippen LogP contribution in [0.3, 0.4) is 0 Å². The molecule has 0 saturated heterocycles. The molecule has 1 aromatic carbocycles. The third-order valence-corrected chi connectivity index (χ3v) is 6.35. The minimum atomic E-state index is -2.55. The summed E-state index contributed by atoms with van der Waals surface area (Å²) in [4.78, 5) is 37.3. The molecule has 0 aliphatic heterocycles. The number of phenols is 1. The van der Waals surface area contributed by atoms with Gasteiger partial charge in [0, 0.05) is 29.9 Å². The molecule has 0 radical (unpaired) electrons. The summed E-state index contributed by atoms with van der Waals surface area (Å²) in [5, 5.41) is 43.0. The van der Waals surface area contributed by atoms with E-state index in [1.807, 2.05) is 6.92 Å². The smallest absolute Gasteiger partial charge is 0.255 e. The van der Waals surface area contributed by atoms with Crippen LogP contribution in [0.25, 0.3) is 5.76 Å². The highest BCUT2D eigenvalue weighted by Gasteiger charge is 2.60. The number of aliphatic hydroxyl groups is 3. The summed E-state index contributed by atoms with van der Waals surface area (Å²) in [6.07, 6.45) is 0.607. The maximum Gasteiger partial charge on any atom is 0.255 e. The van der Waals surface area contributed by atoms with Crippen LogP contribution in [0, 0.1) is 23.7 Å². The van der Waals surface area contributed by atoms with Crippen LogP contribution in [0.15, 0.2) is 29.0 Å². The van der Waals surface area contributed by atoms with Crippen molar-refractivity contribution in [3.63, 3.8) is 0 Å². The van der Waals surface area contributed by atoms with Gasteiger partial charge in [0.15, 0.2) is 11.4 Å². The maximum absolute atomic E-state index is 13.4. The summed E-state index contributed by atoms with van der Waals surface area (Å²) >= 11 is 0. The number of hydrogen-bond acceptors (Lipinski definition) is 7. The summed E-state index contributed by atoms with van der Waals surface area (Å²) in [5.41, 5.74) is 2.88. The lowest BCUT2D eigenvalue weighted by atomic mass is 9.59. The van der Waals surface area contributed by atoms with Gasteiger partial charge in [-0.3, -0.25) is 14.4 Å². The molecule has 3 aliphatic rings. The Kier molecular flexibility index (Phi) is 4.67. The van der Waals surface area contributed by atoms with Crippen LogP contribution in [0.2, 0.25) is 0 Å². The minimum Gasteiger partial charge on any atom is -0.508 e. The van der Waals surface area contributed by atoms with Crippen molar-refractivity contribution in [2.75, 3.05) is 0 Å². The SMILES string of the molecule is CCC#Cc1ccc(O)c2c1CC1CC3CC(=O)C(C(N)=O)=C(O)C3(O)C(=O)C1=C2O. The van der Waals surface area contributed by atoms with Gasteiger partial charge in [-0.05, 0) is 36.5 Å². The summed E-state index contributed by atoms with van der Waals surface area (Å²) < 4.78 is 0. The zero-order valence-corrected chi connectivity index (χ0v) is 16.7. The summed E-state index contributed by atoms with van der Waals surface area (Å²) in [6, 6.07) is 3.00. The molecule has 0 spiro atoms. The van der Waals surface area contributed by atoms with Crippen molar-refractivity contribution in [1.29, 1.82) is 0 Å². The molecule has 0 bridgehead atoms. The molecule has 0 heterocycles. The number of phenolic OH excluding ortho intramolecular Hbond substituents is 1. The van der Waals surface area contributed by atoms with E-state index in [4.69, 9.17) is 5.73 Å². The summed E-state index contributed by atoms with van der Waals surface area (Å²) in [7, 11) is 0. The van der Waals surface area contributed by atoms with E-state index in [1.54, 1.807) is 6.07 Å². The largest absolute Gasteiger partial charge is 0.508 e. The molecular formula is C23H21NO7. The summed E-state index contributed by atoms with van der Waals surface area (Å²) in [5.74, 6) is -0.449. The van der Waals surface area contributed by atoms with Gasteiger partial charge in [0.1, 0.15) is 22.8 Å². The molecule has 1 saturated carbocycles. The molecule has 3 unspecified atom stereocenters. The van der Waals surface area contributed by atoms with Gasteiger partial charge in [0.25, 0.3) is 5.91 Å². The lowest BCUT2D eigenvalue weighted by Gasteiger charge is -2.46. The first-order valence-corrected chi connectivity index (χ1v) is 9.93. The Bertz CT molecular complexity index is 1180. The number of nitrogens with two attached hydrogens (primary N) is 1. The van der Waals surface area contributed by atoms with Gasteiger partial charge in [-0.1, -0.05) is 18.8 Å². The van der Waals surface area contributed by atoms with Crippen molar-refractivity contribution in [1.82, 2.24) is 0 Å². The van der Waals surface area contributed by atoms with E-state index < -0.39 is 52.0 Å². The molecule has 3 aliphatic carbocycles. The van der Waals surface area contributed by atoms with Crippen LogP contribution < -0.4 is 5.73 Å². The predicted molar refractivity (Wildman–Crippen MR) is 109 cm³/mol. The van der Waals surface area contributed by atoms with Crippen LogP contribution >= 0.6 is 0 Å². The number of benzene rings is 1. The molecular weight excluding hydrogens is 402 g/mol. The van der Waals surface area contributed by atoms with E-state index >= 15 is 0 Å². The first kappa shape index (κ1) is 20.7. The number of amides is 1. The lowest BCUT2D eigenvalue weighted by Crippen LogP contribution is -2.58. The zero-order valence-electron chi connectivity index (χ0n) is 16.7. The first-order chi connectivity index (χ1) is 14.6. The third-order valence-electron chi connectivity index (χ3n) is 6.35. The molecule has 160 valence electrons. The number of carbonyl (C=O) groups is 3. The van der Waals surface area contributed by atoms with Gasteiger partial charge in [-0.25, -0.2) is 0 Å². The topological polar surface area (TPSA) is 158 Å². The van der Waals surface area contributed by atoms with Crippen molar-refractivity contribution >= 4 is 23.2 Å². The molecule has 1 fully saturated rings. The predicted octanol–water partition coefficient (Wildman–Crippen LogP) is 1.19. The quantitative estimate of drug-likeness (QED) is 0.335. The van der Waals surface area contributed by atoms with Crippen LogP contribution in [0.1, 0.15) is 42.9 Å². The van der Waals surface area contributed by atoms with E-state index in [0.29, 0.717) is 17.5 Å². The van der Waals surface area contributed by atoms with Crippen LogP contribution in [0.5, 0.6) is 5.75 Å². The molecule has 4 rings (SSSR count). The van der Waals surface area contributed by atoms with Crippen molar-refractivity contribution in [2.24, 2.45) is 17.6 Å². The Morgan fingerprint density at radius 1 is 1.23 bits per heavy atom. The number of aromatic hydroxyl groups is 1. The van der Waals surface area contributed by atoms with E-state index in [0.717, 1.165) is 0 Å². The fourth-order valence-electron chi connectivity index (χ4n) is 4.92. The molecule has 0 aromatic heterocycles. The Morgan fingerprint density at radius 2 is 1.94 bits per heavy atom. The van der Waals surface area contributed by atoms with Crippen molar-refractivity contribution < 1.29 is 34.8 Å². The van der Waals surface area contributed by atoms with Crippen molar-refractivity contribution in [3.8, 4) is 17.6 Å². The number of rotatable bonds is 1. The first-order valence-electron chi connectivity index (χ1n) is 9.93. The number of ketones is 2. The van der Waals surface area contributed by atoms with Gasteiger partial charge < -0.3 is 26.2 Å². The molecule has 6 N–H and O–H groups in total. The number of fused-ring (bicyclic) bond motifs is 3. The Hall–Kier alpha value is -3.57. The van der Waals surface area contributed by atoms with Gasteiger partial charge in [-0.15, -0.1) is 0 Å². The number of carbonyl (C=O) groups excluding carboxylic acids is 3. The lowest BCUT2D eigenvalue weighted by molar-refractivity contribution is -0.147. The average Bonchev–Trinajstić information content (AvgIpc) is 2.70. The molecule has 8 nitrogen and oxygen atoms in total. The highest BCUT2D eigenvalue weighted by Crippen LogP contribution is 2.52. The monoisotopic (exact) mass is 423 g/mol. The van der Waals surface area contributed by atoms with Gasteiger partial charge in [0.2, 0.25) is 5.78 Å². The number of aliphatic hydroxyl groups excluding tert-OH is 2. The van der Waals surface area contributed by atoms with Crippen molar-refractivity contribution in [2.45, 2.75) is 38.2 Å². The summed E-state index contributed by atoms with van der Waals surface area (Å²) in [6.45, 7) is 1.89. The fourth-order valence-corrected chi connectivity index (χ4v) is 4.92. The second-order valence-electron chi connectivity index (χ2n) is 8.05. The number of hydrogen-bond donors (Lipinski definition) is 5. The Morgan fingerprint density at radius 3 is 2.58 bits per heavy atom. The fraction of sp³-hybridized carbons (Fsp3) is 0.348. The average molecular weight is 423 g/mol. The Balaban J connectivity index is 1.93. The second kappa shape index (κ2) is 7.00. The normalized spacial score (nSPS) is 27.2. The minimum absolute atomic E-state index is 0.0510. The molecule has 3 atom stereocenters. The Labute approximate surface area is 177 Å². The van der Waals surface area contributed by atoms with Crippen molar-refractivity contribution in [3.05, 3.63) is 45.7 Å². The van der Waals surface area contributed by atoms with Gasteiger partial charge >= 0.3 is 0 Å². The van der Waals surface area contributed by atoms with E-state index in [-0.39, 0.29) is 36.1 Å². The third kappa shape index (κ3) is 2.77. The second-order valence-corrected chi connectivity index (χ2v) is 8.05. The highest BCUT2D eigenvalue weighted by atomic mass is 16.3. The molecule has 1 amide bonds. The number of Topliss-reactive ketones (excluding diaryl/α,β-unsaturated/α-hetero) is 2. The molecule has 1 aromatic rings. The highest BCUT2D eigenvalue weighted by molar-refractivity contribution is 6.22. The van der Waals surface area contributed by atoms with E-state index in [9.17, 15) is 34.8 Å².